The number of pyridine rings is 2. The van der Waals surface area contributed by atoms with Crippen LogP contribution in [0.2, 0.25) is 0 Å². The number of rotatable bonds is 5. The summed E-state index contributed by atoms with van der Waals surface area (Å²) < 4.78 is 25.5. The number of ether oxygens (including phenoxy) is 2. The van der Waals surface area contributed by atoms with Gasteiger partial charge in [-0.3, -0.25) is 4.79 Å². The fraction of sp³-hybridized carbons (Fsp3) is 0.421. The van der Waals surface area contributed by atoms with Crippen molar-refractivity contribution in [3.8, 4) is 11.6 Å². The highest BCUT2D eigenvalue weighted by Gasteiger charge is 2.24. The maximum Gasteiger partial charge on any atom is 0.257 e. The molecule has 0 unspecified atom stereocenters. The van der Waals surface area contributed by atoms with Gasteiger partial charge in [0.15, 0.2) is 17.4 Å². The molecule has 1 saturated carbocycles. The standard InChI is InChI=1S/C19H23FN6O3/c20-12-8-11(16(22)27)17(26-18(12)25-14-4-2-1-3-13(14)21)24-10-7-15-19(23-9-10)29-6-5-28-15/h7-9,13-14H,1-6,21H2,(H2,22,27)(H2,24,25,26)/t13-,14+/m0/s1. The molecule has 2 aliphatic rings. The van der Waals surface area contributed by atoms with E-state index in [1.807, 2.05) is 0 Å². The molecule has 2 atom stereocenters. The molecule has 3 heterocycles. The van der Waals surface area contributed by atoms with E-state index in [2.05, 4.69) is 20.6 Å². The molecule has 2 aromatic heterocycles. The number of carbonyl (C=O) groups excluding carboxylic acids is 1. The van der Waals surface area contributed by atoms with Gasteiger partial charge in [0.25, 0.3) is 11.8 Å². The van der Waals surface area contributed by atoms with Gasteiger partial charge in [-0.25, -0.2) is 14.4 Å². The Labute approximate surface area is 167 Å². The number of amides is 1. The lowest BCUT2D eigenvalue weighted by molar-refractivity contribution is 0.100. The van der Waals surface area contributed by atoms with E-state index in [-0.39, 0.29) is 29.3 Å². The van der Waals surface area contributed by atoms with E-state index in [1.165, 1.54) is 6.20 Å². The Morgan fingerprint density at radius 1 is 1.17 bits per heavy atom. The predicted molar refractivity (Wildman–Crippen MR) is 105 cm³/mol. The van der Waals surface area contributed by atoms with Crippen LogP contribution in [0.15, 0.2) is 18.3 Å². The van der Waals surface area contributed by atoms with Crippen molar-refractivity contribution >= 4 is 23.2 Å². The van der Waals surface area contributed by atoms with Crippen molar-refractivity contribution in [3.05, 3.63) is 29.7 Å². The van der Waals surface area contributed by atoms with Crippen LogP contribution < -0.4 is 31.6 Å². The van der Waals surface area contributed by atoms with Gasteiger partial charge in [-0.1, -0.05) is 12.8 Å². The third kappa shape index (κ3) is 4.16. The number of hydrogen-bond donors (Lipinski definition) is 4. The largest absolute Gasteiger partial charge is 0.484 e. The van der Waals surface area contributed by atoms with Crippen LogP contribution >= 0.6 is 0 Å². The molecule has 0 aromatic carbocycles. The zero-order chi connectivity index (χ0) is 20.4. The van der Waals surface area contributed by atoms with Crippen molar-refractivity contribution in [2.45, 2.75) is 37.8 Å². The van der Waals surface area contributed by atoms with Crippen LogP contribution in [0.25, 0.3) is 0 Å². The molecule has 4 rings (SSSR count). The van der Waals surface area contributed by atoms with Gasteiger partial charge in [0.2, 0.25) is 0 Å². The molecule has 0 spiro atoms. The molecule has 1 amide bonds. The van der Waals surface area contributed by atoms with Crippen LogP contribution in [0, 0.1) is 5.82 Å². The molecule has 154 valence electrons. The first kappa shape index (κ1) is 19.2. The number of carbonyl (C=O) groups is 1. The van der Waals surface area contributed by atoms with E-state index >= 15 is 0 Å². The molecule has 10 heteroatoms. The number of anilines is 3. The normalized spacial score (nSPS) is 20.8. The van der Waals surface area contributed by atoms with Gasteiger partial charge < -0.3 is 31.6 Å². The highest BCUT2D eigenvalue weighted by atomic mass is 19.1. The molecule has 1 fully saturated rings. The van der Waals surface area contributed by atoms with Gasteiger partial charge in [0.05, 0.1) is 17.4 Å². The fourth-order valence-corrected chi connectivity index (χ4v) is 3.53. The fourth-order valence-electron chi connectivity index (χ4n) is 3.53. The van der Waals surface area contributed by atoms with E-state index in [0.717, 1.165) is 31.7 Å². The summed E-state index contributed by atoms with van der Waals surface area (Å²) in [6.07, 6.45) is 5.27. The monoisotopic (exact) mass is 402 g/mol. The zero-order valence-corrected chi connectivity index (χ0v) is 15.8. The number of primary amides is 1. The van der Waals surface area contributed by atoms with Crippen LogP contribution in [-0.2, 0) is 0 Å². The topological polar surface area (TPSA) is 137 Å². The van der Waals surface area contributed by atoms with E-state index in [1.54, 1.807) is 6.07 Å². The summed E-state index contributed by atoms with van der Waals surface area (Å²) in [6.45, 7) is 0.839. The Morgan fingerprint density at radius 2 is 1.97 bits per heavy atom. The quantitative estimate of drug-likeness (QED) is 0.595. The Morgan fingerprint density at radius 3 is 2.76 bits per heavy atom. The van der Waals surface area contributed by atoms with Crippen molar-refractivity contribution in [3.63, 3.8) is 0 Å². The van der Waals surface area contributed by atoms with Gasteiger partial charge in [0, 0.05) is 18.2 Å². The number of nitrogens with two attached hydrogens (primary N) is 2. The first-order chi connectivity index (χ1) is 14.0. The van der Waals surface area contributed by atoms with Crippen molar-refractivity contribution in [2.24, 2.45) is 11.5 Å². The minimum Gasteiger partial charge on any atom is -0.484 e. The summed E-state index contributed by atoms with van der Waals surface area (Å²) >= 11 is 0. The summed E-state index contributed by atoms with van der Waals surface area (Å²) in [4.78, 5) is 20.3. The van der Waals surface area contributed by atoms with E-state index in [4.69, 9.17) is 20.9 Å². The lowest BCUT2D eigenvalue weighted by atomic mass is 9.91. The van der Waals surface area contributed by atoms with Crippen LogP contribution in [0.5, 0.6) is 11.6 Å². The second-order valence-electron chi connectivity index (χ2n) is 7.13. The van der Waals surface area contributed by atoms with Gasteiger partial charge in [-0.2, -0.15) is 0 Å². The van der Waals surface area contributed by atoms with Gasteiger partial charge >= 0.3 is 0 Å². The molecule has 1 aliphatic heterocycles. The molecular weight excluding hydrogens is 379 g/mol. The van der Waals surface area contributed by atoms with Crippen molar-refractivity contribution in [2.75, 3.05) is 23.8 Å². The molecule has 1 aliphatic carbocycles. The lowest BCUT2D eigenvalue weighted by Gasteiger charge is -2.30. The molecule has 29 heavy (non-hydrogen) atoms. The predicted octanol–water partition coefficient (Wildman–Crippen LogP) is 1.91. The van der Waals surface area contributed by atoms with Crippen LogP contribution in [0.1, 0.15) is 36.0 Å². The average molecular weight is 402 g/mol. The number of aromatic nitrogens is 2. The molecular formula is C19H23FN6O3. The molecule has 9 nitrogen and oxygen atoms in total. The number of nitrogens with zero attached hydrogens (tertiary/aromatic N) is 2. The maximum atomic E-state index is 14.6. The van der Waals surface area contributed by atoms with E-state index in [0.29, 0.717) is 30.5 Å². The summed E-state index contributed by atoms with van der Waals surface area (Å²) in [5.41, 5.74) is 12.0. The van der Waals surface area contributed by atoms with Gasteiger partial charge in [-0.15, -0.1) is 0 Å². The van der Waals surface area contributed by atoms with Crippen LogP contribution in [0.3, 0.4) is 0 Å². The summed E-state index contributed by atoms with van der Waals surface area (Å²) in [7, 11) is 0. The number of hydrogen-bond acceptors (Lipinski definition) is 8. The van der Waals surface area contributed by atoms with Crippen LogP contribution in [-0.4, -0.2) is 41.2 Å². The summed E-state index contributed by atoms with van der Waals surface area (Å²) in [5.74, 6) is -0.476. The third-order valence-corrected chi connectivity index (χ3v) is 5.04. The van der Waals surface area contributed by atoms with Crippen molar-refractivity contribution in [1.29, 1.82) is 0 Å². The Balaban J connectivity index is 1.63. The molecule has 0 saturated heterocycles. The molecule has 6 N–H and O–H groups in total. The Hall–Kier alpha value is -3.14. The Kier molecular flexibility index (Phi) is 5.34. The second kappa shape index (κ2) is 8.08. The molecule has 0 bridgehead atoms. The van der Waals surface area contributed by atoms with Gasteiger partial charge in [0.1, 0.15) is 19.0 Å². The Bertz CT molecular complexity index is 925. The summed E-state index contributed by atoms with van der Waals surface area (Å²) in [5, 5.41) is 6.05. The van der Waals surface area contributed by atoms with E-state index < -0.39 is 11.7 Å². The number of nitrogens with one attached hydrogen (secondary N) is 2. The summed E-state index contributed by atoms with van der Waals surface area (Å²) in [6, 6.07) is 2.56. The lowest BCUT2D eigenvalue weighted by Crippen LogP contribution is -2.43. The van der Waals surface area contributed by atoms with E-state index in [9.17, 15) is 9.18 Å². The molecule has 2 aromatic rings. The first-order valence-corrected chi connectivity index (χ1v) is 9.56. The number of halogens is 1. The van der Waals surface area contributed by atoms with Crippen LogP contribution in [0.4, 0.5) is 21.7 Å². The van der Waals surface area contributed by atoms with Crippen molar-refractivity contribution < 1.29 is 18.7 Å². The smallest absolute Gasteiger partial charge is 0.257 e. The minimum absolute atomic E-state index is 0.0188. The third-order valence-electron chi connectivity index (χ3n) is 5.04. The van der Waals surface area contributed by atoms with Crippen molar-refractivity contribution in [1.82, 2.24) is 9.97 Å². The minimum atomic E-state index is -0.801. The first-order valence-electron chi connectivity index (χ1n) is 9.56. The van der Waals surface area contributed by atoms with Gasteiger partial charge in [-0.05, 0) is 18.9 Å². The number of fused-ring (bicyclic) bond motifs is 1. The highest BCUT2D eigenvalue weighted by Crippen LogP contribution is 2.32. The highest BCUT2D eigenvalue weighted by molar-refractivity contribution is 5.98. The SMILES string of the molecule is NC(=O)c1cc(F)c(N[C@@H]2CCCC[C@@H]2N)nc1Nc1cnc2c(c1)OCCO2. The maximum absolute atomic E-state index is 14.6. The second-order valence-corrected chi connectivity index (χ2v) is 7.13. The average Bonchev–Trinajstić information content (AvgIpc) is 2.71. The zero-order valence-electron chi connectivity index (χ0n) is 15.8. The molecule has 0 radical (unpaired) electrons.